The lowest BCUT2D eigenvalue weighted by atomic mass is 9.85. The van der Waals surface area contributed by atoms with Gasteiger partial charge in [-0.1, -0.05) is 37.5 Å². The quantitative estimate of drug-likeness (QED) is 0.927. The molecule has 0 bridgehead atoms. The van der Waals surface area contributed by atoms with Crippen LogP contribution in [0.1, 0.15) is 37.8 Å². The second-order valence-electron chi connectivity index (χ2n) is 6.06. The zero-order valence-electron chi connectivity index (χ0n) is 12.6. The topological polar surface area (TPSA) is 42.4 Å². The molecular formula is C18H23NO2. The van der Waals surface area contributed by atoms with Gasteiger partial charge in [0, 0.05) is 11.1 Å². The Hall–Kier alpha value is -1.61. The van der Waals surface area contributed by atoms with Crippen molar-refractivity contribution >= 4 is 10.9 Å². The molecular weight excluding hydrogens is 262 g/mol. The van der Waals surface area contributed by atoms with Crippen molar-refractivity contribution in [2.24, 2.45) is 5.92 Å². The van der Waals surface area contributed by atoms with Crippen molar-refractivity contribution in [2.75, 3.05) is 6.61 Å². The van der Waals surface area contributed by atoms with E-state index in [0.717, 1.165) is 35.2 Å². The van der Waals surface area contributed by atoms with Crippen LogP contribution in [0.15, 0.2) is 30.3 Å². The number of ether oxygens (including phenoxy) is 1. The highest BCUT2D eigenvalue weighted by atomic mass is 16.5. The molecule has 0 aliphatic heterocycles. The molecule has 1 atom stereocenters. The maximum atomic E-state index is 10.3. The summed E-state index contributed by atoms with van der Waals surface area (Å²) in [5.74, 6) is 1.16. The molecule has 0 saturated heterocycles. The first-order valence-corrected chi connectivity index (χ1v) is 7.91. The van der Waals surface area contributed by atoms with Crippen LogP contribution in [-0.2, 0) is 0 Å². The number of aliphatic hydroxyl groups is 1. The minimum absolute atomic E-state index is 0.361. The molecule has 3 nitrogen and oxygen atoms in total. The summed E-state index contributed by atoms with van der Waals surface area (Å²) in [6.45, 7) is 2.34. The van der Waals surface area contributed by atoms with Crippen molar-refractivity contribution in [3.8, 4) is 5.75 Å². The smallest absolute Gasteiger partial charge is 0.145 e. The van der Waals surface area contributed by atoms with Gasteiger partial charge < -0.3 is 9.84 Å². The molecule has 3 heteroatoms. The van der Waals surface area contributed by atoms with Crippen molar-refractivity contribution < 1.29 is 9.84 Å². The van der Waals surface area contributed by atoms with E-state index >= 15 is 0 Å². The van der Waals surface area contributed by atoms with Gasteiger partial charge in [-0.05, 0) is 37.8 Å². The molecule has 21 heavy (non-hydrogen) atoms. The zero-order chi connectivity index (χ0) is 14.7. The van der Waals surface area contributed by atoms with E-state index in [2.05, 4.69) is 11.1 Å². The molecule has 1 N–H and O–H groups in total. The van der Waals surface area contributed by atoms with Crippen molar-refractivity contribution in [1.82, 2.24) is 4.98 Å². The Balaban J connectivity index is 1.71. The third-order valence-electron chi connectivity index (χ3n) is 4.43. The van der Waals surface area contributed by atoms with E-state index in [-0.39, 0.29) is 6.10 Å². The molecule has 1 aliphatic carbocycles. The summed E-state index contributed by atoms with van der Waals surface area (Å²) in [4.78, 5) is 4.56. The lowest BCUT2D eigenvalue weighted by molar-refractivity contribution is 0.0418. The van der Waals surface area contributed by atoms with Crippen molar-refractivity contribution in [1.29, 1.82) is 0 Å². The van der Waals surface area contributed by atoms with Crippen LogP contribution in [0.3, 0.4) is 0 Å². The molecule has 0 spiro atoms. The second kappa shape index (κ2) is 6.44. The van der Waals surface area contributed by atoms with E-state index in [4.69, 9.17) is 4.74 Å². The maximum absolute atomic E-state index is 10.3. The molecule has 1 heterocycles. The Kier molecular flexibility index (Phi) is 4.39. The van der Waals surface area contributed by atoms with Crippen LogP contribution in [0.4, 0.5) is 0 Å². The number of nitrogens with zero attached hydrogens (tertiary/aromatic N) is 1. The number of aliphatic hydroxyl groups excluding tert-OH is 1. The number of hydrogen-bond acceptors (Lipinski definition) is 3. The highest BCUT2D eigenvalue weighted by Crippen LogP contribution is 2.28. The van der Waals surface area contributed by atoms with E-state index in [1.807, 2.05) is 31.2 Å². The summed E-state index contributed by atoms with van der Waals surface area (Å²) < 4.78 is 5.88. The highest BCUT2D eigenvalue weighted by Gasteiger charge is 2.22. The molecule has 1 aliphatic rings. The molecule has 0 radical (unpaired) electrons. The molecule has 1 saturated carbocycles. The molecule has 112 valence electrons. The number of rotatable bonds is 4. The summed E-state index contributed by atoms with van der Waals surface area (Å²) in [6.07, 6.45) is 5.64. The number of pyridine rings is 1. The van der Waals surface area contributed by atoms with Gasteiger partial charge in [-0.3, -0.25) is 0 Å². The Morgan fingerprint density at radius 1 is 1.19 bits per heavy atom. The largest absolute Gasteiger partial charge is 0.489 e. The first-order valence-electron chi connectivity index (χ1n) is 7.91. The van der Waals surface area contributed by atoms with Crippen molar-refractivity contribution in [3.63, 3.8) is 0 Å². The zero-order valence-corrected chi connectivity index (χ0v) is 12.6. The third kappa shape index (κ3) is 3.35. The monoisotopic (exact) mass is 285 g/mol. The lowest BCUT2D eigenvalue weighted by Gasteiger charge is -2.26. The lowest BCUT2D eigenvalue weighted by Crippen LogP contribution is -2.28. The Bertz CT molecular complexity index is 605. The van der Waals surface area contributed by atoms with Gasteiger partial charge in [0.2, 0.25) is 0 Å². The fourth-order valence-electron chi connectivity index (χ4n) is 3.16. The Morgan fingerprint density at radius 3 is 2.81 bits per heavy atom. The fraction of sp³-hybridized carbons (Fsp3) is 0.500. The molecule has 0 amide bonds. The average Bonchev–Trinajstić information content (AvgIpc) is 2.53. The predicted molar refractivity (Wildman–Crippen MR) is 84.6 cm³/mol. The normalized spacial score (nSPS) is 17.8. The second-order valence-corrected chi connectivity index (χ2v) is 6.06. The van der Waals surface area contributed by atoms with E-state index in [9.17, 15) is 5.11 Å². The number of benzene rings is 1. The number of aryl methyl sites for hydroxylation is 1. The van der Waals surface area contributed by atoms with Crippen LogP contribution in [0, 0.1) is 12.8 Å². The van der Waals surface area contributed by atoms with Gasteiger partial charge >= 0.3 is 0 Å². The predicted octanol–water partition coefficient (Wildman–Crippen LogP) is 3.86. The number of hydrogen-bond donors (Lipinski definition) is 1. The van der Waals surface area contributed by atoms with E-state index in [1.54, 1.807) is 0 Å². The maximum Gasteiger partial charge on any atom is 0.145 e. The Morgan fingerprint density at radius 2 is 2.00 bits per heavy atom. The molecule has 1 unspecified atom stereocenters. The average molecular weight is 285 g/mol. The standard InChI is InChI=1S/C18H23NO2/c1-13-10-11-15-8-5-9-17(18(15)19-13)21-12-16(20)14-6-3-2-4-7-14/h5,8-11,14,16,20H,2-4,6-7,12H2,1H3. The summed E-state index contributed by atoms with van der Waals surface area (Å²) in [7, 11) is 0. The summed E-state index contributed by atoms with van der Waals surface area (Å²) in [5, 5.41) is 11.4. The first kappa shape index (κ1) is 14.3. The van der Waals surface area contributed by atoms with Crippen LogP contribution in [0.5, 0.6) is 5.75 Å². The van der Waals surface area contributed by atoms with Gasteiger partial charge in [-0.2, -0.15) is 0 Å². The van der Waals surface area contributed by atoms with Gasteiger partial charge in [0.05, 0.1) is 6.10 Å². The van der Waals surface area contributed by atoms with Crippen LogP contribution in [0.2, 0.25) is 0 Å². The molecule has 3 rings (SSSR count). The van der Waals surface area contributed by atoms with Crippen molar-refractivity contribution in [2.45, 2.75) is 45.1 Å². The van der Waals surface area contributed by atoms with Crippen LogP contribution in [0.25, 0.3) is 10.9 Å². The number of para-hydroxylation sites is 1. The van der Waals surface area contributed by atoms with Crippen LogP contribution < -0.4 is 4.74 Å². The van der Waals surface area contributed by atoms with Gasteiger partial charge in [0.15, 0.2) is 0 Å². The molecule has 1 fully saturated rings. The van der Waals surface area contributed by atoms with E-state index < -0.39 is 0 Å². The minimum Gasteiger partial charge on any atom is -0.489 e. The van der Waals surface area contributed by atoms with Gasteiger partial charge in [0.1, 0.15) is 17.9 Å². The number of fused-ring (bicyclic) bond motifs is 1. The fourth-order valence-corrected chi connectivity index (χ4v) is 3.16. The number of aromatic nitrogens is 1. The highest BCUT2D eigenvalue weighted by molar-refractivity contribution is 5.84. The molecule has 1 aromatic carbocycles. The first-order chi connectivity index (χ1) is 10.2. The SMILES string of the molecule is Cc1ccc2cccc(OCC(O)C3CCCCC3)c2n1. The van der Waals surface area contributed by atoms with E-state index in [1.165, 1.54) is 19.3 Å². The summed E-state index contributed by atoms with van der Waals surface area (Å²) in [5.41, 5.74) is 1.86. The summed E-state index contributed by atoms with van der Waals surface area (Å²) in [6, 6.07) is 10.0. The van der Waals surface area contributed by atoms with Gasteiger partial charge in [0.25, 0.3) is 0 Å². The van der Waals surface area contributed by atoms with Crippen LogP contribution >= 0.6 is 0 Å². The van der Waals surface area contributed by atoms with E-state index in [0.29, 0.717) is 12.5 Å². The Labute approximate surface area is 126 Å². The molecule has 1 aromatic heterocycles. The molecule has 2 aromatic rings. The summed E-state index contributed by atoms with van der Waals surface area (Å²) >= 11 is 0. The van der Waals surface area contributed by atoms with Crippen molar-refractivity contribution in [3.05, 3.63) is 36.0 Å². The third-order valence-corrected chi connectivity index (χ3v) is 4.43. The van der Waals surface area contributed by atoms with Crippen LogP contribution in [-0.4, -0.2) is 22.8 Å². The van der Waals surface area contributed by atoms with Gasteiger partial charge in [-0.15, -0.1) is 0 Å². The minimum atomic E-state index is -0.370. The van der Waals surface area contributed by atoms with Gasteiger partial charge in [-0.25, -0.2) is 4.98 Å².